The third kappa shape index (κ3) is 6.41. The van der Waals surface area contributed by atoms with E-state index in [0.29, 0.717) is 6.61 Å². The van der Waals surface area contributed by atoms with Gasteiger partial charge in [0, 0.05) is 0 Å². The summed E-state index contributed by atoms with van der Waals surface area (Å²) >= 11 is 3.56. The van der Waals surface area contributed by atoms with Crippen LogP contribution in [-0.2, 0) is 9.09 Å². The van der Waals surface area contributed by atoms with Crippen molar-refractivity contribution in [3.8, 4) is 0 Å². The van der Waals surface area contributed by atoms with E-state index in [2.05, 4.69) is 23.7 Å². The smallest absolute Gasteiger partial charge is 0.136 e. The summed E-state index contributed by atoms with van der Waals surface area (Å²) in [6, 6.07) is 0. The number of thiol groups is 1. The number of unbranched alkanes of at least 4 members (excludes halogenated alkanes) is 1. The summed E-state index contributed by atoms with van der Waals surface area (Å²) in [6.45, 7) is 2.62. The molecule has 0 saturated heterocycles. The monoisotopic (exact) mass is 153 g/mol. The normalized spacial score (nSPS) is 11.5. The number of hydrogen-bond acceptors (Lipinski definition) is 2. The first-order valence-corrected chi connectivity index (χ1v) is 4.89. The van der Waals surface area contributed by atoms with Crippen LogP contribution in [0.15, 0.2) is 0 Å². The zero-order valence-electron chi connectivity index (χ0n) is 4.83. The van der Waals surface area contributed by atoms with E-state index in [4.69, 9.17) is 0 Å². The molecule has 1 atom stereocenters. The zero-order valence-corrected chi connectivity index (χ0v) is 6.62. The molecule has 0 aliphatic carbocycles. The van der Waals surface area contributed by atoms with Crippen molar-refractivity contribution in [2.75, 3.05) is 6.61 Å². The fourth-order valence-electron chi connectivity index (χ4n) is 0.287. The summed E-state index contributed by atoms with van der Waals surface area (Å²) in [4.78, 5) is 0. The predicted octanol–water partition coefficient (Wildman–Crippen LogP) is 2.39. The lowest BCUT2D eigenvalue weighted by atomic mass is 10.4. The van der Waals surface area contributed by atoms with Gasteiger partial charge in [-0.05, 0) is 11.0 Å². The first-order chi connectivity index (χ1) is 3.77. The lowest BCUT2D eigenvalue weighted by molar-refractivity contribution is 0.331. The van der Waals surface area contributed by atoms with Crippen molar-refractivity contribution in [3.05, 3.63) is 0 Å². The van der Waals surface area contributed by atoms with Gasteiger partial charge in [-0.3, -0.25) is 0 Å². The van der Waals surface area contributed by atoms with Crippen LogP contribution >= 0.6 is 19.5 Å². The minimum Gasteiger partial charge on any atom is -0.136 e. The summed E-state index contributed by atoms with van der Waals surface area (Å²) in [7, 11) is -1.67. The Kier molecular flexibility index (Phi) is 5.83. The lowest BCUT2D eigenvalue weighted by Gasteiger charge is -1.83. The molecule has 0 radical (unpaired) electrons. The first kappa shape index (κ1) is 8.41. The average molecular weight is 153 g/mol. The van der Waals surface area contributed by atoms with Crippen molar-refractivity contribution < 1.29 is 9.09 Å². The van der Waals surface area contributed by atoms with Crippen LogP contribution in [-0.4, -0.2) is 6.61 Å². The average Bonchev–Trinajstić information content (AvgIpc) is 1.66. The van der Waals surface area contributed by atoms with Gasteiger partial charge in [0.1, 0.15) is 18.9 Å². The highest BCUT2D eigenvalue weighted by molar-refractivity contribution is 8.39. The highest BCUT2D eigenvalue weighted by Gasteiger charge is 2.06. The van der Waals surface area contributed by atoms with Crippen LogP contribution in [0.4, 0.5) is 0 Å². The zero-order chi connectivity index (χ0) is 6.41. The number of hydrogen-bond donors (Lipinski definition) is 1. The third-order valence-corrected chi connectivity index (χ3v) is 1.45. The van der Waals surface area contributed by atoms with Gasteiger partial charge >= 0.3 is 7.23 Å². The molecular formula is C4H10O2PS+. The van der Waals surface area contributed by atoms with Gasteiger partial charge in [-0.25, -0.2) is 0 Å². The largest absolute Gasteiger partial charge is 0.582 e. The molecule has 0 spiro atoms. The summed E-state index contributed by atoms with van der Waals surface area (Å²) in [6.07, 6.45) is 2.03. The second-order valence-corrected chi connectivity index (χ2v) is 3.14. The molecule has 48 valence electrons. The Hall–Kier alpha value is 0.410. The van der Waals surface area contributed by atoms with Crippen molar-refractivity contribution in [2.24, 2.45) is 0 Å². The molecule has 0 heterocycles. The minimum absolute atomic E-state index is 0.565. The molecule has 4 heteroatoms. The number of rotatable bonds is 4. The lowest BCUT2D eigenvalue weighted by Crippen LogP contribution is -1.81. The van der Waals surface area contributed by atoms with Crippen LogP contribution in [0, 0.1) is 0 Å². The standard InChI is InChI=1S/C4H9O2PS/c1-2-3-4-6-7(5)8/h2-4H2,1H3/p+1. The Morgan fingerprint density at radius 1 is 1.75 bits per heavy atom. The van der Waals surface area contributed by atoms with E-state index in [1.807, 2.05) is 0 Å². The molecule has 0 fully saturated rings. The molecule has 2 nitrogen and oxygen atoms in total. The fourth-order valence-corrected chi connectivity index (χ4v) is 0.817. The Labute approximate surface area is 55.6 Å². The topological polar surface area (TPSA) is 26.3 Å². The SMILES string of the molecule is CCCCO[P+](=O)S. The van der Waals surface area contributed by atoms with Crippen LogP contribution in [0.25, 0.3) is 0 Å². The summed E-state index contributed by atoms with van der Waals surface area (Å²) in [5.74, 6) is 0. The van der Waals surface area contributed by atoms with Gasteiger partial charge in [0.25, 0.3) is 0 Å². The van der Waals surface area contributed by atoms with Crippen LogP contribution in [0.3, 0.4) is 0 Å². The molecule has 0 bridgehead atoms. The molecular weight excluding hydrogens is 143 g/mol. The maximum Gasteiger partial charge on any atom is 0.582 e. The van der Waals surface area contributed by atoms with Gasteiger partial charge in [0.05, 0.1) is 0 Å². The van der Waals surface area contributed by atoms with E-state index in [1.165, 1.54) is 0 Å². The quantitative estimate of drug-likeness (QED) is 0.381. The molecule has 0 rings (SSSR count). The third-order valence-electron chi connectivity index (χ3n) is 0.700. The Bertz CT molecular complexity index is 76.4. The highest BCUT2D eigenvalue weighted by atomic mass is 32.7. The van der Waals surface area contributed by atoms with Gasteiger partial charge in [0.2, 0.25) is 0 Å². The Balaban J connectivity index is 2.82. The molecule has 8 heavy (non-hydrogen) atoms. The molecule has 0 aromatic heterocycles. The van der Waals surface area contributed by atoms with Crippen LogP contribution in [0.1, 0.15) is 19.8 Å². The van der Waals surface area contributed by atoms with Gasteiger partial charge in [-0.2, -0.15) is 0 Å². The summed E-state index contributed by atoms with van der Waals surface area (Å²) < 4.78 is 14.8. The maximum atomic E-state index is 10.1. The molecule has 0 amide bonds. The Morgan fingerprint density at radius 2 is 2.38 bits per heavy atom. The van der Waals surface area contributed by atoms with E-state index >= 15 is 0 Å². The summed E-state index contributed by atoms with van der Waals surface area (Å²) in [5.41, 5.74) is 0. The van der Waals surface area contributed by atoms with E-state index in [9.17, 15) is 4.57 Å². The second-order valence-electron chi connectivity index (χ2n) is 1.42. The van der Waals surface area contributed by atoms with Crippen molar-refractivity contribution in [1.82, 2.24) is 0 Å². The van der Waals surface area contributed by atoms with Crippen molar-refractivity contribution >= 4 is 19.5 Å². The van der Waals surface area contributed by atoms with E-state index in [-0.39, 0.29) is 0 Å². The van der Waals surface area contributed by atoms with Crippen molar-refractivity contribution in [3.63, 3.8) is 0 Å². The van der Waals surface area contributed by atoms with Crippen molar-refractivity contribution in [2.45, 2.75) is 19.8 Å². The maximum absolute atomic E-state index is 10.1. The van der Waals surface area contributed by atoms with Gasteiger partial charge in [0.15, 0.2) is 0 Å². The molecule has 1 unspecified atom stereocenters. The van der Waals surface area contributed by atoms with Crippen LogP contribution in [0.2, 0.25) is 0 Å². The molecule has 0 aliphatic heterocycles. The first-order valence-electron chi connectivity index (χ1n) is 2.56. The van der Waals surface area contributed by atoms with Gasteiger partial charge < -0.3 is 0 Å². The molecule has 0 N–H and O–H groups in total. The molecule has 0 aromatic carbocycles. The minimum atomic E-state index is -1.67. The van der Waals surface area contributed by atoms with Crippen molar-refractivity contribution in [1.29, 1.82) is 0 Å². The molecule has 0 aromatic rings. The second kappa shape index (κ2) is 5.54. The molecule has 0 aliphatic rings. The van der Waals surface area contributed by atoms with E-state index in [0.717, 1.165) is 12.8 Å². The summed E-state index contributed by atoms with van der Waals surface area (Å²) in [5, 5.41) is 0. The fraction of sp³-hybridized carbons (Fsp3) is 1.00. The van der Waals surface area contributed by atoms with Crippen LogP contribution < -0.4 is 0 Å². The Morgan fingerprint density at radius 3 is 2.75 bits per heavy atom. The van der Waals surface area contributed by atoms with Gasteiger partial charge in [-0.1, -0.05) is 13.3 Å². The predicted molar refractivity (Wildman–Crippen MR) is 37.5 cm³/mol. The van der Waals surface area contributed by atoms with E-state index in [1.54, 1.807) is 0 Å². The van der Waals surface area contributed by atoms with Gasteiger partial charge in [-0.15, -0.1) is 4.52 Å². The highest BCUT2D eigenvalue weighted by Crippen LogP contribution is 2.26. The van der Waals surface area contributed by atoms with Crippen LogP contribution in [0.5, 0.6) is 0 Å². The van der Waals surface area contributed by atoms with E-state index < -0.39 is 7.23 Å². The molecule has 0 saturated carbocycles.